The van der Waals surface area contributed by atoms with Crippen molar-refractivity contribution in [2.45, 2.75) is 57.9 Å². The summed E-state index contributed by atoms with van der Waals surface area (Å²) >= 11 is 0. The molecule has 0 bridgehead atoms. The summed E-state index contributed by atoms with van der Waals surface area (Å²) in [6.07, 6.45) is 6.20. The van der Waals surface area contributed by atoms with Crippen molar-refractivity contribution in [3.05, 3.63) is 35.4 Å². The zero-order chi connectivity index (χ0) is 16.7. The molecule has 1 saturated carbocycles. The lowest BCUT2D eigenvalue weighted by Crippen LogP contribution is -2.38. The van der Waals surface area contributed by atoms with Gasteiger partial charge in [0.1, 0.15) is 0 Å². The molecule has 134 valence electrons. The minimum absolute atomic E-state index is 0. The van der Waals surface area contributed by atoms with E-state index in [2.05, 4.69) is 12.2 Å². The predicted octanol–water partition coefficient (Wildman–Crippen LogP) is 3.27. The Morgan fingerprint density at radius 3 is 2.46 bits per heavy atom. The summed E-state index contributed by atoms with van der Waals surface area (Å²) in [5.41, 5.74) is 7.89. The molecule has 0 spiro atoms. The fourth-order valence-corrected chi connectivity index (χ4v) is 2.62. The van der Waals surface area contributed by atoms with Gasteiger partial charge in [0.05, 0.1) is 0 Å². The van der Waals surface area contributed by atoms with Crippen molar-refractivity contribution in [2.75, 3.05) is 6.54 Å². The molecular formula is C19H29ClN2O2. The third-order valence-electron chi connectivity index (χ3n) is 4.44. The van der Waals surface area contributed by atoms with Crippen LogP contribution in [0.25, 0.3) is 0 Å². The van der Waals surface area contributed by atoms with Crippen LogP contribution in [0.2, 0.25) is 0 Å². The summed E-state index contributed by atoms with van der Waals surface area (Å²) in [5, 5.41) is 2.83. The summed E-state index contributed by atoms with van der Waals surface area (Å²) in [4.78, 5) is 23.9. The van der Waals surface area contributed by atoms with Crippen LogP contribution in [-0.4, -0.2) is 24.3 Å². The van der Waals surface area contributed by atoms with Crippen molar-refractivity contribution < 1.29 is 9.59 Å². The first kappa shape index (κ1) is 20.7. The molecule has 0 heterocycles. The van der Waals surface area contributed by atoms with Gasteiger partial charge < -0.3 is 11.1 Å². The number of Topliss-reactive ketones (excluding diaryl/α,β-unsaturated/α-hetero) is 1. The van der Waals surface area contributed by atoms with Crippen LogP contribution in [0.3, 0.4) is 0 Å². The maximum Gasteiger partial charge on any atom is 0.220 e. The van der Waals surface area contributed by atoms with Crippen molar-refractivity contribution in [3.63, 3.8) is 0 Å². The highest BCUT2D eigenvalue weighted by Gasteiger charge is 2.28. The van der Waals surface area contributed by atoms with Crippen molar-refractivity contribution in [2.24, 2.45) is 11.7 Å². The van der Waals surface area contributed by atoms with Gasteiger partial charge in [-0.3, -0.25) is 9.59 Å². The minimum atomic E-state index is -0.0889. The molecule has 0 radical (unpaired) electrons. The van der Waals surface area contributed by atoms with Gasteiger partial charge >= 0.3 is 0 Å². The van der Waals surface area contributed by atoms with Crippen molar-refractivity contribution >= 4 is 24.1 Å². The zero-order valence-electron chi connectivity index (χ0n) is 14.4. The van der Waals surface area contributed by atoms with E-state index in [-0.39, 0.29) is 43.0 Å². The first-order valence-electron chi connectivity index (χ1n) is 8.74. The number of hydrogen-bond donors (Lipinski definition) is 2. The Hall–Kier alpha value is -1.39. The van der Waals surface area contributed by atoms with E-state index < -0.39 is 0 Å². The maximum atomic E-state index is 12.1. The van der Waals surface area contributed by atoms with E-state index >= 15 is 0 Å². The van der Waals surface area contributed by atoms with Gasteiger partial charge in [0.2, 0.25) is 5.91 Å². The number of rotatable bonds is 10. The Bertz CT molecular complexity index is 527. The third kappa shape index (κ3) is 7.02. The van der Waals surface area contributed by atoms with Crippen molar-refractivity contribution in [1.82, 2.24) is 5.32 Å². The van der Waals surface area contributed by atoms with E-state index in [1.807, 2.05) is 24.3 Å². The molecule has 0 saturated heterocycles. The SMILES string of the molecule is CCCCc1ccc(C(=O)CCC(=O)NCC(N)C2CC2)cc1.Cl. The maximum absolute atomic E-state index is 12.1. The van der Waals surface area contributed by atoms with Crippen LogP contribution in [0.15, 0.2) is 24.3 Å². The normalized spacial score (nSPS) is 14.6. The number of halogens is 1. The van der Waals surface area contributed by atoms with Gasteiger partial charge in [-0.05, 0) is 37.2 Å². The van der Waals surface area contributed by atoms with E-state index in [1.54, 1.807) is 0 Å². The second-order valence-corrected chi connectivity index (χ2v) is 6.53. The molecular weight excluding hydrogens is 324 g/mol. The molecule has 24 heavy (non-hydrogen) atoms. The van der Waals surface area contributed by atoms with E-state index in [4.69, 9.17) is 5.73 Å². The van der Waals surface area contributed by atoms with Gasteiger partial charge in [-0.2, -0.15) is 0 Å². The Labute approximate surface area is 151 Å². The second kappa shape index (κ2) is 10.5. The highest BCUT2D eigenvalue weighted by molar-refractivity contribution is 5.97. The number of carbonyl (C=O) groups excluding carboxylic acids is 2. The monoisotopic (exact) mass is 352 g/mol. The number of nitrogens with two attached hydrogens (primary N) is 1. The number of carbonyl (C=O) groups is 2. The largest absolute Gasteiger partial charge is 0.355 e. The quantitative estimate of drug-likeness (QED) is 0.635. The molecule has 1 fully saturated rings. The molecule has 1 atom stereocenters. The molecule has 3 N–H and O–H groups in total. The topological polar surface area (TPSA) is 72.2 Å². The Balaban J connectivity index is 0.00000288. The van der Waals surface area contributed by atoms with Crippen molar-refractivity contribution in [1.29, 1.82) is 0 Å². The lowest BCUT2D eigenvalue weighted by molar-refractivity contribution is -0.121. The van der Waals surface area contributed by atoms with Gasteiger partial charge in [0.25, 0.3) is 0 Å². The second-order valence-electron chi connectivity index (χ2n) is 6.53. The molecule has 1 amide bonds. The lowest BCUT2D eigenvalue weighted by Gasteiger charge is -2.11. The number of ketones is 1. The molecule has 1 aliphatic rings. The highest BCUT2D eigenvalue weighted by Crippen LogP contribution is 2.31. The van der Waals surface area contributed by atoms with Gasteiger partial charge in [-0.15, -0.1) is 12.4 Å². The average Bonchev–Trinajstić information content (AvgIpc) is 3.41. The number of benzene rings is 1. The molecule has 1 aliphatic carbocycles. The van der Waals surface area contributed by atoms with Crippen LogP contribution >= 0.6 is 12.4 Å². The molecule has 5 heteroatoms. The highest BCUT2D eigenvalue weighted by atomic mass is 35.5. The fourth-order valence-electron chi connectivity index (χ4n) is 2.62. The Kier molecular flexibility index (Phi) is 9.01. The molecule has 0 aliphatic heterocycles. The summed E-state index contributed by atoms with van der Waals surface area (Å²) in [6.45, 7) is 2.68. The first-order chi connectivity index (χ1) is 11.1. The van der Waals surface area contributed by atoms with Crippen LogP contribution in [0.5, 0.6) is 0 Å². The summed E-state index contributed by atoms with van der Waals surface area (Å²) in [6, 6.07) is 7.82. The number of nitrogens with one attached hydrogen (secondary N) is 1. The van der Waals surface area contributed by atoms with Gasteiger partial charge in [-0.1, -0.05) is 37.6 Å². The molecule has 1 unspecified atom stereocenters. The molecule has 1 aromatic carbocycles. The predicted molar refractivity (Wildman–Crippen MR) is 99.6 cm³/mol. The van der Waals surface area contributed by atoms with E-state index in [0.29, 0.717) is 18.0 Å². The smallest absolute Gasteiger partial charge is 0.220 e. The van der Waals surface area contributed by atoms with Crippen LogP contribution < -0.4 is 11.1 Å². The minimum Gasteiger partial charge on any atom is -0.355 e. The number of aryl methyl sites for hydroxylation is 1. The fraction of sp³-hybridized carbons (Fsp3) is 0.579. The van der Waals surface area contributed by atoms with Crippen LogP contribution in [-0.2, 0) is 11.2 Å². The number of hydrogen-bond acceptors (Lipinski definition) is 3. The summed E-state index contributed by atoms with van der Waals surface area (Å²) < 4.78 is 0. The van der Waals surface area contributed by atoms with E-state index in [1.165, 1.54) is 24.8 Å². The third-order valence-corrected chi connectivity index (χ3v) is 4.44. The summed E-state index contributed by atoms with van der Waals surface area (Å²) in [5.74, 6) is 0.505. The zero-order valence-corrected chi connectivity index (χ0v) is 15.2. The number of unbranched alkanes of at least 4 members (excludes halogenated alkanes) is 1. The average molecular weight is 353 g/mol. The van der Waals surface area contributed by atoms with E-state index in [9.17, 15) is 9.59 Å². The molecule has 0 aromatic heterocycles. The van der Waals surface area contributed by atoms with Gasteiger partial charge in [-0.25, -0.2) is 0 Å². The Morgan fingerprint density at radius 1 is 1.21 bits per heavy atom. The number of amides is 1. The van der Waals surface area contributed by atoms with Crippen LogP contribution in [0.4, 0.5) is 0 Å². The molecule has 1 aromatic rings. The summed E-state index contributed by atoms with van der Waals surface area (Å²) in [7, 11) is 0. The van der Waals surface area contributed by atoms with Gasteiger partial charge in [0.15, 0.2) is 5.78 Å². The van der Waals surface area contributed by atoms with Crippen molar-refractivity contribution in [3.8, 4) is 0 Å². The van der Waals surface area contributed by atoms with Gasteiger partial charge in [0, 0.05) is 31.0 Å². The first-order valence-corrected chi connectivity index (χ1v) is 8.74. The van der Waals surface area contributed by atoms with E-state index in [0.717, 1.165) is 12.8 Å². The van der Waals surface area contributed by atoms with Crippen LogP contribution in [0.1, 0.15) is 61.4 Å². The lowest BCUT2D eigenvalue weighted by atomic mass is 10.0. The molecule has 4 nitrogen and oxygen atoms in total. The Morgan fingerprint density at radius 2 is 1.88 bits per heavy atom. The standard InChI is InChI=1S/C19H28N2O2.ClH/c1-2-3-4-14-5-7-16(8-6-14)18(22)11-12-19(23)21-13-17(20)15-9-10-15;/h5-8,15,17H,2-4,9-13,20H2,1H3,(H,21,23);1H. The molecule has 2 rings (SSSR count). The van der Waals surface area contributed by atoms with Crippen LogP contribution in [0, 0.1) is 5.92 Å².